The first kappa shape index (κ1) is 19.7. The number of para-hydroxylation sites is 1. The van der Waals surface area contributed by atoms with Gasteiger partial charge in [-0.1, -0.05) is 60.7 Å². The predicted molar refractivity (Wildman–Crippen MR) is 118 cm³/mol. The number of likely N-dealkylation sites (tertiary alicyclic amines) is 1. The third kappa shape index (κ3) is 3.38. The van der Waals surface area contributed by atoms with Gasteiger partial charge in [-0.2, -0.15) is 0 Å². The standard InChI is InChI=1S/C26H26N2O3/c1-16-7-5-6-10-20(16)27-24(29)21(15-17-8-3-2-4-9-17)28-25(30)22-18-11-12-19(14-13-18)23(22)26(28)31/h2-12,18-19,21-23H,13-15H2,1H3,(H,27,29)/t18-,19-,21-,22+,23+/m0/s1. The van der Waals surface area contributed by atoms with Crippen molar-refractivity contribution in [3.63, 3.8) is 0 Å². The van der Waals surface area contributed by atoms with Gasteiger partial charge in [-0.25, -0.2) is 0 Å². The molecule has 3 amide bonds. The van der Waals surface area contributed by atoms with E-state index in [0.29, 0.717) is 12.1 Å². The SMILES string of the molecule is Cc1ccccc1NC(=O)[C@H](Cc1ccccc1)N1C(=O)[C@H]2[C@H](C1=O)[C@H]1C=C[C@H]2CC1. The smallest absolute Gasteiger partial charge is 0.248 e. The van der Waals surface area contributed by atoms with Crippen LogP contribution in [0.3, 0.4) is 0 Å². The molecule has 5 atom stereocenters. The molecule has 4 aliphatic rings. The first-order chi connectivity index (χ1) is 15.0. The van der Waals surface area contributed by atoms with Gasteiger partial charge in [0.25, 0.3) is 0 Å². The summed E-state index contributed by atoms with van der Waals surface area (Å²) < 4.78 is 0. The Morgan fingerprint density at radius 1 is 0.935 bits per heavy atom. The maximum Gasteiger partial charge on any atom is 0.248 e. The Morgan fingerprint density at radius 2 is 1.52 bits per heavy atom. The number of allylic oxidation sites excluding steroid dienone is 2. The Balaban J connectivity index is 1.48. The fraction of sp³-hybridized carbons (Fsp3) is 0.346. The summed E-state index contributed by atoms with van der Waals surface area (Å²) >= 11 is 0. The summed E-state index contributed by atoms with van der Waals surface area (Å²) in [5.41, 5.74) is 2.55. The molecule has 2 aromatic carbocycles. The van der Waals surface area contributed by atoms with Crippen LogP contribution in [0.5, 0.6) is 0 Å². The van der Waals surface area contributed by atoms with Crippen LogP contribution in [0, 0.1) is 30.6 Å². The Bertz CT molecular complexity index is 1030. The van der Waals surface area contributed by atoms with Crippen LogP contribution in [-0.4, -0.2) is 28.7 Å². The summed E-state index contributed by atoms with van der Waals surface area (Å²) in [5, 5.41) is 2.97. The summed E-state index contributed by atoms with van der Waals surface area (Å²) in [7, 11) is 0. The highest BCUT2D eigenvalue weighted by Gasteiger charge is 2.58. The van der Waals surface area contributed by atoms with Crippen molar-refractivity contribution in [3.05, 3.63) is 77.9 Å². The van der Waals surface area contributed by atoms with Gasteiger partial charge in [0.1, 0.15) is 6.04 Å². The molecule has 0 unspecified atom stereocenters. The molecule has 6 rings (SSSR count). The van der Waals surface area contributed by atoms with Gasteiger partial charge in [0, 0.05) is 12.1 Å². The van der Waals surface area contributed by atoms with Crippen molar-refractivity contribution >= 4 is 23.4 Å². The molecule has 0 spiro atoms. The van der Waals surface area contributed by atoms with Crippen molar-refractivity contribution in [1.29, 1.82) is 0 Å². The lowest BCUT2D eigenvalue weighted by Gasteiger charge is -2.38. The van der Waals surface area contributed by atoms with E-state index in [1.165, 1.54) is 4.90 Å². The topological polar surface area (TPSA) is 66.5 Å². The summed E-state index contributed by atoms with van der Waals surface area (Å²) in [5.74, 6) is -1.12. The van der Waals surface area contributed by atoms with Gasteiger partial charge >= 0.3 is 0 Å². The van der Waals surface area contributed by atoms with Crippen LogP contribution in [0.25, 0.3) is 0 Å². The molecule has 5 nitrogen and oxygen atoms in total. The number of imide groups is 1. The van der Waals surface area contributed by atoms with Crippen molar-refractivity contribution in [2.24, 2.45) is 23.7 Å². The highest BCUT2D eigenvalue weighted by atomic mass is 16.2. The van der Waals surface area contributed by atoms with E-state index in [-0.39, 0.29) is 41.4 Å². The molecule has 3 aliphatic carbocycles. The minimum absolute atomic E-state index is 0.105. The molecule has 1 N–H and O–H groups in total. The van der Waals surface area contributed by atoms with Crippen LogP contribution in [0.15, 0.2) is 66.7 Å². The number of carbonyl (C=O) groups excluding carboxylic acids is 3. The average Bonchev–Trinajstić information content (AvgIpc) is 3.07. The molecule has 2 aromatic rings. The molecule has 31 heavy (non-hydrogen) atoms. The minimum atomic E-state index is -0.869. The van der Waals surface area contributed by atoms with Gasteiger partial charge in [-0.15, -0.1) is 0 Å². The zero-order valence-corrected chi connectivity index (χ0v) is 17.5. The number of hydrogen-bond acceptors (Lipinski definition) is 3. The Kier molecular flexibility index (Phi) is 4.97. The van der Waals surface area contributed by atoms with Gasteiger partial charge in [0.2, 0.25) is 17.7 Å². The number of hydrogen-bond donors (Lipinski definition) is 1. The number of nitrogens with zero attached hydrogens (tertiary/aromatic N) is 1. The summed E-state index contributed by atoms with van der Waals surface area (Å²) in [6.07, 6.45) is 6.38. The third-order valence-electron chi connectivity index (χ3n) is 7.08. The maximum atomic E-state index is 13.5. The van der Waals surface area contributed by atoms with Crippen LogP contribution in [-0.2, 0) is 20.8 Å². The molecule has 1 aliphatic heterocycles. The quantitative estimate of drug-likeness (QED) is 0.599. The maximum absolute atomic E-state index is 13.5. The van der Waals surface area contributed by atoms with E-state index in [1.54, 1.807) is 0 Å². The van der Waals surface area contributed by atoms with E-state index in [2.05, 4.69) is 17.5 Å². The second-order valence-corrected chi connectivity index (χ2v) is 8.90. The van der Waals surface area contributed by atoms with Gasteiger partial charge in [0.15, 0.2) is 0 Å². The van der Waals surface area contributed by atoms with Crippen LogP contribution >= 0.6 is 0 Å². The zero-order chi connectivity index (χ0) is 21.5. The minimum Gasteiger partial charge on any atom is -0.324 e. The Morgan fingerprint density at radius 3 is 2.10 bits per heavy atom. The molecule has 1 saturated carbocycles. The molecule has 158 valence electrons. The fourth-order valence-electron chi connectivity index (χ4n) is 5.47. The fourth-order valence-corrected chi connectivity index (χ4v) is 5.47. The number of amides is 3. The first-order valence-electron chi connectivity index (χ1n) is 11.0. The van der Waals surface area contributed by atoms with E-state index in [1.807, 2.05) is 61.5 Å². The molecule has 0 radical (unpaired) electrons. The van der Waals surface area contributed by atoms with Gasteiger partial charge in [0.05, 0.1) is 11.8 Å². The average molecular weight is 415 g/mol. The summed E-state index contributed by atoms with van der Waals surface area (Å²) in [6, 6.07) is 16.2. The molecule has 1 heterocycles. The molecule has 1 saturated heterocycles. The largest absolute Gasteiger partial charge is 0.324 e. The second-order valence-electron chi connectivity index (χ2n) is 8.90. The predicted octanol–water partition coefficient (Wildman–Crippen LogP) is 3.74. The zero-order valence-electron chi connectivity index (χ0n) is 17.5. The number of benzene rings is 2. The van der Waals surface area contributed by atoms with Crippen LogP contribution in [0.1, 0.15) is 24.0 Å². The van der Waals surface area contributed by atoms with Crippen molar-refractivity contribution < 1.29 is 14.4 Å². The number of nitrogens with one attached hydrogen (secondary N) is 1. The molecular formula is C26H26N2O3. The molecule has 5 heteroatoms. The Hall–Kier alpha value is -3.21. The van der Waals surface area contributed by atoms with Crippen LogP contribution in [0.2, 0.25) is 0 Å². The van der Waals surface area contributed by atoms with E-state index in [0.717, 1.165) is 24.0 Å². The van der Waals surface area contributed by atoms with E-state index >= 15 is 0 Å². The van der Waals surface area contributed by atoms with Crippen molar-refractivity contribution in [1.82, 2.24) is 4.90 Å². The summed E-state index contributed by atoms with van der Waals surface area (Å²) in [6.45, 7) is 1.92. The first-order valence-corrected chi connectivity index (χ1v) is 11.0. The number of anilines is 1. The van der Waals surface area contributed by atoms with Gasteiger partial charge in [-0.3, -0.25) is 19.3 Å². The third-order valence-corrected chi connectivity index (χ3v) is 7.08. The lowest BCUT2D eigenvalue weighted by atomic mass is 9.63. The molecule has 2 bridgehead atoms. The lowest BCUT2D eigenvalue weighted by Crippen LogP contribution is -2.49. The highest BCUT2D eigenvalue weighted by Crippen LogP contribution is 2.50. The van der Waals surface area contributed by atoms with E-state index < -0.39 is 6.04 Å². The van der Waals surface area contributed by atoms with Crippen molar-refractivity contribution in [2.45, 2.75) is 32.2 Å². The number of rotatable bonds is 5. The van der Waals surface area contributed by atoms with E-state index in [9.17, 15) is 14.4 Å². The monoisotopic (exact) mass is 414 g/mol. The molecular weight excluding hydrogens is 388 g/mol. The molecule has 2 fully saturated rings. The van der Waals surface area contributed by atoms with Crippen LogP contribution in [0.4, 0.5) is 5.69 Å². The number of aryl methyl sites for hydroxylation is 1. The number of fused-ring (bicyclic) bond motifs is 1. The molecule has 0 aromatic heterocycles. The lowest BCUT2D eigenvalue weighted by molar-refractivity contribution is -0.146. The van der Waals surface area contributed by atoms with Gasteiger partial charge < -0.3 is 5.32 Å². The number of carbonyl (C=O) groups is 3. The summed E-state index contributed by atoms with van der Waals surface area (Å²) in [4.78, 5) is 41.7. The van der Waals surface area contributed by atoms with Gasteiger partial charge in [-0.05, 0) is 48.8 Å². The second kappa shape index (κ2) is 7.80. The van der Waals surface area contributed by atoms with Crippen LogP contribution < -0.4 is 5.32 Å². The highest BCUT2D eigenvalue weighted by molar-refractivity contribution is 6.10. The van der Waals surface area contributed by atoms with Crippen molar-refractivity contribution in [2.75, 3.05) is 5.32 Å². The van der Waals surface area contributed by atoms with Crippen molar-refractivity contribution in [3.8, 4) is 0 Å². The van der Waals surface area contributed by atoms with E-state index in [4.69, 9.17) is 0 Å². The normalized spacial score (nSPS) is 27.3. The Labute approximate surface area is 182 Å².